The van der Waals surface area contributed by atoms with Crippen molar-refractivity contribution in [2.45, 2.75) is 47.1 Å². The highest BCUT2D eigenvalue weighted by atomic mass is 16.5. The normalized spacial score (nSPS) is 19.6. The highest BCUT2D eigenvalue weighted by Crippen LogP contribution is 2.17. The second kappa shape index (κ2) is 13.3. The van der Waals surface area contributed by atoms with Crippen LogP contribution in [0.2, 0.25) is 0 Å². The van der Waals surface area contributed by atoms with E-state index in [9.17, 15) is 0 Å². The molecule has 1 aliphatic heterocycles. The summed E-state index contributed by atoms with van der Waals surface area (Å²) in [5.41, 5.74) is 5.77. The van der Waals surface area contributed by atoms with Crippen LogP contribution in [0.1, 0.15) is 43.9 Å². The minimum atomic E-state index is 0. The van der Waals surface area contributed by atoms with Gasteiger partial charge in [-0.2, -0.15) is 0 Å². The molecule has 1 atom stereocenters. The van der Waals surface area contributed by atoms with E-state index in [1.54, 1.807) is 0 Å². The van der Waals surface area contributed by atoms with Crippen LogP contribution in [0.15, 0.2) is 0 Å². The fourth-order valence-electron chi connectivity index (χ4n) is 2.18. The van der Waals surface area contributed by atoms with Gasteiger partial charge in [0.15, 0.2) is 0 Å². The van der Waals surface area contributed by atoms with Gasteiger partial charge in [0.25, 0.3) is 0 Å². The van der Waals surface area contributed by atoms with E-state index >= 15 is 0 Å². The zero-order chi connectivity index (χ0) is 16.8. The summed E-state index contributed by atoms with van der Waals surface area (Å²) in [5, 5.41) is 3.54. The second-order valence-corrected chi connectivity index (χ2v) is 6.34. The van der Waals surface area contributed by atoms with Crippen molar-refractivity contribution in [1.82, 2.24) is 10.2 Å². The van der Waals surface area contributed by atoms with Crippen molar-refractivity contribution >= 4 is 0 Å². The molecular formula is C17H43N3O2. The quantitative estimate of drug-likeness (QED) is 0.604. The molecule has 22 heavy (non-hydrogen) atoms. The molecule has 1 heterocycles. The lowest BCUT2D eigenvalue weighted by molar-refractivity contribution is -0.0352. The van der Waals surface area contributed by atoms with Gasteiger partial charge in [0.2, 0.25) is 0 Å². The number of hydrogen-bond acceptors (Lipinski definition) is 5. The molecule has 0 aliphatic carbocycles. The van der Waals surface area contributed by atoms with Gasteiger partial charge in [-0.25, -0.2) is 0 Å². The molecule has 5 nitrogen and oxygen atoms in total. The van der Waals surface area contributed by atoms with Crippen LogP contribution in [-0.4, -0.2) is 70.1 Å². The fourth-order valence-corrected chi connectivity index (χ4v) is 2.18. The first-order chi connectivity index (χ1) is 10.6. The Kier molecular flexibility index (Phi) is 13.1. The summed E-state index contributed by atoms with van der Waals surface area (Å²) in [6.07, 6.45) is 1.49. The van der Waals surface area contributed by atoms with Gasteiger partial charge in [-0.15, -0.1) is 0 Å². The number of hydrogen-bond donors (Lipinski definition) is 2. The summed E-state index contributed by atoms with van der Waals surface area (Å²) in [7, 11) is 0. The molecule has 0 saturated carbocycles. The molecule has 0 aromatic heterocycles. The number of nitrogens with one attached hydrogen (secondary N) is 1. The van der Waals surface area contributed by atoms with Crippen LogP contribution < -0.4 is 11.1 Å². The smallest absolute Gasteiger partial charge is 0.0826 e. The molecule has 1 saturated heterocycles. The van der Waals surface area contributed by atoms with Crippen molar-refractivity contribution < 1.29 is 12.3 Å². The molecule has 0 bridgehead atoms. The van der Waals surface area contributed by atoms with E-state index in [0.29, 0.717) is 24.7 Å². The highest BCUT2D eigenvalue weighted by Gasteiger charge is 2.21. The van der Waals surface area contributed by atoms with Crippen LogP contribution in [0, 0.1) is 5.41 Å². The van der Waals surface area contributed by atoms with E-state index < -0.39 is 0 Å². The zero-order valence-corrected chi connectivity index (χ0v) is 15.5. The largest absolute Gasteiger partial charge is 0.379 e. The lowest BCUT2D eigenvalue weighted by atomic mass is 9.90. The second-order valence-electron chi connectivity index (χ2n) is 6.34. The molecule has 0 radical (unpaired) electrons. The minimum absolute atomic E-state index is 0. The maximum atomic E-state index is 5.82. The molecule has 3 N–H and O–H groups in total. The van der Waals surface area contributed by atoms with Crippen LogP contribution in [0.4, 0.5) is 0 Å². The van der Waals surface area contributed by atoms with Gasteiger partial charge < -0.3 is 20.5 Å². The average molecular weight is 322 g/mol. The molecule has 0 spiro atoms. The molecule has 5 heteroatoms. The maximum absolute atomic E-state index is 5.82. The van der Waals surface area contributed by atoms with Gasteiger partial charge in [0, 0.05) is 42.1 Å². The molecule has 1 rings (SSSR count). The Balaban J connectivity index is -0.00000106. The van der Waals surface area contributed by atoms with Gasteiger partial charge >= 0.3 is 0 Å². The van der Waals surface area contributed by atoms with E-state index in [2.05, 4.69) is 31.0 Å². The van der Waals surface area contributed by atoms with Crippen molar-refractivity contribution in [2.75, 3.05) is 59.1 Å². The summed E-state index contributed by atoms with van der Waals surface area (Å²) in [6, 6.07) is 0. The van der Waals surface area contributed by atoms with Crippen molar-refractivity contribution in [3.8, 4) is 0 Å². The first-order valence-corrected chi connectivity index (χ1v) is 8.90. The first kappa shape index (κ1) is 21.8. The number of ether oxygens (including phenoxy) is 2. The molecule has 0 aromatic carbocycles. The SMILES string of the molecule is CC.CCC(C)(C)CNCC1CN(CCOCCN)CCO1.[HH].[HH]. The Morgan fingerprint density at radius 2 is 2.09 bits per heavy atom. The molecule has 1 fully saturated rings. The van der Waals surface area contributed by atoms with Gasteiger partial charge in [0.1, 0.15) is 0 Å². The van der Waals surface area contributed by atoms with Crippen LogP contribution in [0.5, 0.6) is 0 Å². The summed E-state index contributed by atoms with van der Waals surface area (Å²) in [6.45, 7) is 18.6. The Labute approximate surface area is 140 Å². The van der Waals surface area contributed by atoms with Crippen molar-refractivity contribution in [3.05, 3.63) is 0 Å². The zero-order valence-electron chi connectivity index (χ0n) is 15.5. The van der Waals surface area contributed by atoms with Crippen molar-refractivity contribution in [1.29, 1.82) is 0 Å². The summed E-state index contributed by atoms with van der Waals surface area (Å²) < 4.78 is 11.3. The lowest BCUT2D eigenvalue weighted by Gasteiger charge is -2.33. The van der Waals surface area contributed by atoms with E-state index in [4.69, 9.17) is 15.2 Å². The Morgan fingerprint density at radius 3 is 2.73 bits per heavy atom. The third-order valence-electron chi connectivity index (χ3n) is 3.97. The number of morpholine rings is 1. The average Bonchev–Trinajstić information content (AvgIpc) is 2.54. The summed E-state index contributed by atoms with van der Waals surface area (Å²) >= 11 is 0. The van der Waals surface area contributed by atoms with E-state index in [0.717, 1.165) is 45.9 Å². The molecule has 1 aliphatic rings. The van der Waals surface area contributed by atoms with Gasteiger partial charge in [-0.3, -0.25) is 4.90 Å². The fraction of sp³-hybridized carbons (Fsp3) is 1.00. The topological polar surface area (TPSA) is 59.8 Å². The van der Waals surface area contributed by atoms with E-state index in [1.165, 1.54) is 6.42 Å². The van der Waals surface area contributed by atoms with Crippen molar-refractivity contribution in [2.24, 2.45) is 11.1 Å². The third kappa shape index (κ3) is 10.5. The van der Waals surface area contributed by atoms with Crippen LogP contribution in [-0.2, 0) is 9.47 Å². The predicted octanol–water partition coefficient (Wildman–Crippen LogP) is 2.21. The minimum Gasteiger partial charge on any atom is -0.379 e. The third-order valence-corrected chi connectivity index (χ3v) is 3.97. The van der Waals surface area contributed by atoms with Gasteiger partial charge in [0.05, 0.1) is 25.9 Å². The Hall–Kier alpha value is -0.200. The first-order valence-electron chi connectivity index (χ1n) is 8.90. The number of rotatable bonds is 10. The van der Waals surface area contributed by atoms with Crippen LogP contribution in [0.25, 0.3) is 0 Å². The summed E-state index contributed by atoms with van der Waals surface area (Å²) in [5.74, 6) is 0. The van der Waals surface area contributed by atoms with E-state index in [-0.39, 0.29) is 2.85 Å². The molecule has 0 aromatic rings. The molecule has 138 valence electrons. The lowest BCUT2D eigenvalue weighted by Crippen LogP contribution is -2.48. The Bertz CT molecular complexity index is 260. The van der Waals surface area contributed by atoms with Crippen LogP contribution >= 0.6 is 0 Å². The Morgan fingerprint density at radius 1 is 1.36 bits per heavy atom. The number of nitrogens with zero attached hydrogens (tertiary/aromatic N) is 1. The highest BCUT2D eigenvalue weighted by molar-refractivity contribution is 4.76. The van der Waals surface area contributed by atoms with Crippen molar-refractivity contribution in [3.63, 3.8) is 0 Å². The molecule has 0 amide bonds. The van der Waals surface area contributed by atoms with Crippen LogP contribution in [0.3, 0.4) is 0 Å². The van der Waals surface area contributed by atoms with Gasteiger partial charge in [-0.1, -0.05) is 34.6 Å². The van der Waals surface area contributed by atoms with Gasteiger partial charge in [-0.05, 0) is 11.8 Å². The number of nitrogens with two attached hydrogens (primary N) is 1. The summed E-state index contributed by atoms with van der Waals surface area (Å²) in [4.78, 5) is 2.41. The standard InChI is InChI=1S/C15H33N3O2.C2H6.2H2/c1-4-15(2,3)13-17-11-14-12-18(7-10-20-14)6-9-19-8-5-16;1-2;;/h14,17H,4-13,16H2,1-3H3;1-2H3;2*1H. The maximum Gasteiger partial charge on any atom is 0.0826 e. The van der Waals surface area contributed by atoms with E-state index in [1.807, 2.05) is 13.8 Å². The predicted molar refractivity (Wildman–Crippen MR) is 98.6 cm³/mol. The monoisotopic (exact) mass is 321 g/mol. The molecule has 1 unspecified atom stereocenters. The molecular weight excluding hydrogens is 278 g/mol.